The summed E-state index contributed by atoms with van der Waals surface area (Å²) in [5.41, 5.74) is 2.45. The lowest BCUT2D eigenvalue weighted by atomic mass is 10.2. The maximum atomic E-state index is 10.5. The molecule has 27 heavy (non-hydrogen) atoms. The van der Waals surface area contributed by atoms with Crippen molar-refractivity contribution in [3.63, 3.8) is 0 Å². The van der Waals surface area contributed by atoms with Crippen molar-refractivity contribution in [2.75, 3.05) is 45.9 Å². The van der Waals surface area contributed by atoms with Gasteiger partial charge in [0.05, 0.1) is 31.0 Å². The van der Waals surface area contributed by atoms with E-state index in [2.05, 4.69) is 25.8 Å². The normalized spacial score (nSPS) is 18.6. The fourth-order valence-electron chi connectivity index (χ4n) is 3.28. The third-order valence-corrected chi connectivity index (χ3v) is 6.22. The fourth-order valence-corrected chi connectivity index (χ4v) is 4.44. The second-order valence-electron chi connectivity index (χ2n) is 6.59. The molecule has 0 atom stereocenters. The summed E-state index contributed by atoms with van der Waals surface area (Å²) >= 11 is 4.91. The number of aliphatic hydroxyl groups is 1. The molecule has 2 aliphatic rings. The zero-order chi connectivity index (χ0) is 18.8. The average molecular weight is 449 g/mol. The van der Waals surface area contributed by atoms with Crippen LogP contribution in [0.15, 0.2) is 39.9 Å². The zero-order valence-electron chi connectivity index (χ0n) is 14.8. The summed E-state index contributed by atoms with van der Waals surface area (Å²) in [5, 5.41) is 21.6. The number of halogens is 1. The molecule has 8 heteroatoms. The second-order valence-corrected chi connectivity index (χ2v) is 8.36. The van der Waals surface area contributed by atoms with Gasteiger partial charge < -0.3 is 14.7 Å². The Morgan fingerprint density at radius 3 is 2.67 bits per heavy atom. The van der Waals surface area contributed by atoms with E-state index in [9.17, 15) is 5.11 Å². The maximum Gasteiger partial charge on any atom is 0.135 e. The zero-order valence-corrected chi connectivity index (χ0v) is 17.2. The lowest BCUT2D eigenvalue weighted by molar-refractivity contribution is 0.0361. The smallest absolute Gasteiger partial charge is 0.135 e. The van der Waals surface area contributed by atoms with Crippen molar-refractivity contribution in [3.05, 3.63) is 44.9 Å². The van der Waals surface area contributed by atoms with Crippen molar-refractivity contribution in [1.82, 2.24) is 14.8 Å². The van der Waals surface area contributed by atoms with Gasteiger partial charge in [0.25, 0.3) is 0 Å². The van der Waals surface area contributed by atoms with Crippen LogP contribution >= 0.6 is 27.3 Å². The largest absolute Gasteiger partial charge is 0.510 e. The van der Waals surface area contributed by atoms with E-state index in [1.54, 1.807) is 0 Å². The summed E-state index contributed by atoms with van der Waals surface area (Å²) in [7, 11) is 0. The maximum absolute atomic E-state index is 10.5. The molecule has 0 saturated carbocycles. The first kappa shape index (κ1) is 18.6. The summed E-state index contributed by atoms with van der Waals surface area (Å²) in [6, 6.07) is 7.98. The van der Waals surface area contributed by atoms with Gasteiger partial charge >= 0.3 is 0 Å². The number of benzene rings is 1. The van der Waals surface area contributed by atoms with E-state index in [0.717, 1.165) is 55.1 Å². The van der Waals surface area contributed by atoms with E-state index < -0.39 is 0 Å². The quantitative estimate of drug-likeness (QED) is 0.732. The first-order valence-electron chi connectivity index (χ1n) is 8.90. The van der Waals surface area contributed by atoms with E-state index in [-0.39, 0.29) is 5.76 Å². The Morgan fingerprint density at radius 1 is 1.19 bits per heavy atom. The molecule has 1 fully saturated rings. The molecule has 6 nitrogen and oxygen atoms in total. The van der Waals surface area contributed by atoms with Crippen LogP contribution in [0.2, 0.25) is 0 Å². The van der Waals surface area contributed by atoms with Crippen molar-refractivity contribution < 1.29 is 9.84 Å². The third-order valence-electron chi connectivity index (χ3n) is 4.83. The summed E-state index contributed by atoms with van der Waals surface area (Å²) in [6.07, 6.45) is 0. The van der Waals surface area contributed by atoms with Gasteiger partial charge in [-0.05, 0) is 12.1 Å². The minimum absolute atomic E-state index is 0.235. The van der Waals surface area contributed by atoms with Gasteiger partial charge in [0.2, 0.25) is 0 Å². The number of hydrogen-bond donors (Lipinski definition) is 2. The molecule has 1 saturated heterocycles. The number of rotatable bonds is 5. The molecule has 0 radical (unpaired) electrons. The molecule has 2 aliphatic heterocycles. The summed E-state index contributed by atoms with van der Waals surface area (Å²) < 4.78 is 6.40. The Balaban J connectivity index is 1.45. The van der Waals surface area contributed by atoms with Crippen molar-refractivity contribution >= 4 is 38.7 Å². The molecule has 2 aromatic rings. The highest BCUT2D eigenvalue weighted by Gasteiger charge is 2.30. The molecule has 0 unspecified atom stereocenters. The molecular weight excluding hydrogens is 428 g/mol. The van der Waals surface area contributed by atoms with E-state index in [1.807, 2.05) is 34.5 Å². The van der Waals surface area contributed by atoms with Crippen LogP contribution in [0.5, 0.6) is 0 Å². The highest BCUT2D eigenvalue weighted by molar-refractivity contribution is 9.10. The van der Waals surface area contributed by atoms with Gasteiger partial charge in [-0.25, -0.2) is 4.98 Å². The highest BCUT2D eigenvalue weighted by atomic mass is 79.9. The molecule has 1 aromatic carbocycles. The Kier molecular flexibility index (Phi) is 5.58. The molecular formula is C19H21BrN4O2S. The molecule has 1 aromatic heterocycles. The van der Waals surface area contributed by atoms with Gasteiger partial charge in [-0.1, -0.05) is 28.1 Å². The number of amidine groups is 1. The van der Waals surface area contributed by atoms with E-state index in [1.165, 1.54) is 11.3 Å². The predicted molar refractivity (Wildman–Crippen MR) is 111 cm³/mol. The topological polar surface area (TPSA) is 72.7 Å². The van der Waals surface area contributed by atoms with Crippen LogP contribution < -0.4 is 0 Å². The van der Waals surface area contributed by atoms with Crippen molar-refractivity contribution in [2.24, 2.45) is 0 Å². The van der Waals surface area contributed by atoms with E-state index in [4.69, 9.17) is 10.1 Å². The van der Waals surface area contributed by atoms with Crippen LogP contribution in [0.4, 0.5) is 0 Å². The number of ether oxygens (including phenoxy) is 1. The van der Waals surface area contributed by atoms with Crippen molar-refractivity contribution in [3.8, 4) is 11.3 Å². The molecule has 142 valence electrons. The lowest BCUT2D eigenvalue weighted by Gasteiger charge is -2.29. The molecule has 3 heterocycles. The molecule has 0 bridgehead atoms. The Bertz CT molecular complexity index is 859. The first-order chi connectivity index (χ1) is 13.1. The standard InChI is InChI=1S/C19H21BrN4O2S/c20-14-3-1-13(2-4-14)15-12-27-19(22-15)17-16(25)11-24(18(17)21)6-5-23-7-9-26-10-8-23/h1-4,12,21,25H,5-11H2. The second kappa shape index (κ2) is 8.10. The van der Waals surface area contributed by atoms with Crippen LogP contribution in [0.1, 0.15) is 5.01 Å². The van der Waals surface area contributed by atoms with Gasteiger partial charge in [0, 0.05) is 41.6 Å². The monoisotopic (exact) mass is 448 g/mol. The van der Waals surface area contributed by atoms with Gasteiger partial charge in [0.1, 0.15) is 16.6 Å². The molecule has 0 amide bonds. The van der Waals surface area contributed by atoms with Crippen molar-refractivity contribution in [2.45, 2.75) is 0 Å². The highest BCUT2D eigenvalue weighted by Crippen LogP contribution is 2.32. The number of nitrogens with zero attached hydrogens (tertiary/aromatic N) is 3. The van der Waals surface area contributed by atoms with E-state index >= 15 is 0 Å². The number of morpholine rings is 1. The van der Waals surface area contributed by atoms with Crippen LogP contribution in [-0.2, 0) is 4.74 Å². The number of thiazole rings is 1. The lowest BCUT2D eigenvalue weighted by Crippen LogP contribution is -2.42. The van der Waals surface area contributed by atoms with Crippen LogP contribution in [0, 0.1) is 5.41 Å². The third kappa shape index (κ3) is 4.08. The van der Waals surface area contributed by atoms with Crippen LogP contribution in [-0.4, -0.2) is 71.7 Å². The van der Waals surface area contributed by atoms with Gasteiger partial charge in [-0.3, -0.25) is 10.3 Å². The molecule has 4 rings (SSSR count). The fraction of sp³-hybridized carbons (Fsp3) is 0.368. The summed E-state index contributed by atoms with van der Waals surface area (Å²) in [6.45, 7) is 5.36. The van der Waals surface area contributed by atoms with Crippen LogP contribution in [0.3, 0.4) is 0 Å². The number of aliphatic hydroxyl groups excluding tert-OH is 1. The average Bonchev–Trinajstić information content (AvgIpc) is 3.26. The minimum Gasteiger partial charge on any atom is -0.510 e. The molecule has 0 aliphatic carbocycles. The summed E-state index contributed by atoms with van der Waals surface area (Å²) in [5.74, 6) is 0.594. The summed E-state index contributed by atoms with van der Waals surface area (Å²) in [4.78, 5) is 8.92. The predicted octanol–water partition coefficient (Wildman–Crippen LogP) is 3.47. The Hall–Kier alpha value is -1.74. The van der Waals surface area contributed by atoms with Gasteiger partial charge in [0.15, 0.2) is 0 Å². The van der Waals surface area contributed by atoms with Crippen molar-refractivity contribution in [1.29, 1.82) is 5.41 Å². The van der Waals surface area contributed by atoms with E-state index in [0.29, 0.717) is 23.0 Å². The van der Waals surface area contributed by atoms with Gasteiger partial charge in [-0.15, -0.1) is 11.3 Å². The van der Waals surface area contributed by atoms with Crippen LogP contribution in [0.25, 0.3) is 16.8 Å². The number of nitrogens with one attached hydrogen (secondary N) is 1. The van der Waals surface area contributed by atoms with Gasteiger partial charge in [-0.2, -0.15) is 0 Å². The first-order valence-corrected chi connectivity index (χ1v) is 10.6. The molecule has 0 spiro atoms. The Morgan fingerprint density at radius 2 is 1.93 bits per heavy atom. The number of aromatic nitrogens is 1. The Labute approximate surface area is 170 Å². The minimum atomic E-state index is 0.235. The SMILES string of the molecule is N=C1C(c2nc(-c3ccc(Br)cc3)cs2)=C(O)CN1CCN1CCOCC1. The number of hydrogen-bond acceptors (Lipinski definition) is 6. The molecule has 2 N–H and O–H groups in total.